The molecule has 1 saturated heterocycles. The molecular formula is C16H24N2O2S. The minimum atomic E-state index is 0.0946. The standard InChI is InChI=1S/C16H24N2O2S/c1-16(11-17,18-6-8-21-9-7-18)5-4-13-2-3-14-15(10-13)20-12-19-14/h2-3,10H,4-9,11-12,17H2,1H3. The summed E-state index contributed by atoms with van der Waals surface area (Å²) in [6.07, 6.45) is 2.10. The Morgan fingerprint density at radius 1 is 1.24 bits per heavy atom. The highest BCUT2D eigenvalue weighted by molar-refractivity contribution is 7.99. The molecular weight excluding hydrogens is 284 g/mol. The first-order valence-electron chi connectivity index (χ1n) is 7.63. The second-order valence-electron chi connectivity index (χ2n) is 5.99. The molecule has 3 rings (SSSR count). The average Bonchev–Trinajstić information content (AvgIpc) is 3.01. The van der Waals surface area contributed by atoms with Crippen LogP contribution in [0.25, 0.3) is 0 Å². The zero-order valence-electron chi connectivity index (χ0n) is 12.6. The van der Waals surface area contributed by atoms with Crippen LogP contribution in [0.1, 0.15) is 18.9 Å². The lowest BCUT2D eigenvalue weighted by molar-refractivity contribution is 0.114. The normalized spacial score (nSPS) is 21.2. The van der Waals surface area contributed by atoms with Crippen molar-refractivity contribution in [3.05, 3.63) is 23.8 Å². The van der Waals surface area contributed by atoms with Crippen LogP contribution in [-0.4, -0.2) is 48.4 Å². The average molecular weight is 308 g/mol. The Bertz CT molecular complexity index is 491. The molecule has 116 valence electrons. The fourth-order valence-corrected chi connectivity index (χ4v) is 3.91. The molecule has 2 aliphatic heterocycles. The molecule has 1 fully saturated rings. The quantitative estimate of drug-likeness (QED) is 0.903. The van der Waals surface area contributed by atoms with Gasteiger partial charge in [0.1, 0.15) is 0 Å². The number of rotatable bonds is 5. The Balaban J connectivity index is 1.64. The highest BCUT2D eigenvalue weighted by Gasteiger charge is 2.31. The van der Waals surface area contributed by atoms with Crippen molar-refractivity contribution in [3.8, 4) is 11.5 Å². The van der Waals surface area contributed by atoms with Gasteiger partial charge in [0.2, 0.25) is 6.79 Å². The molecule has 1 atom stereocenters. The van der Waals surface area contributed by atoms with Gasteiger partial charge in [-0.15, -0.1) is 0 Å². The molecule has 0 bridgehead atoms. The van der Waals surface area contributed by atoms with Crippen molar-refractivity contribution in [2.24, 2.45) is 5.73 Å². The third-order valence-electron chi connectivity index (χ3n) is 4.60. The SMILES string of the molecule is CC(CN)(CCc1ccc2c(c1)OCO2)N1CCSCC1. The van der Waals surface area contributed by atoms with Gasteiger partial charge in [-0.05, 0) is 37.5 Å². The summed E-state index contributed by atoms with van der Waals surface area (Å²) in [6, 6.07) is 6.25. The van der Waals surface area contributed by atoms with E-state index in [1.165, 1.54) is 17.1 Å². The number of hydrogen-bond donors (Lipinski definition) is 1. The van der Waals surface area contributed by atoms with Gasteiger partial charge in [0.25, 0.3) is 0 Å². The zero-order chi connectivity index (χ0) is 14.7. The number of fused-ring (bicyclic) bond motifs is 1. The molecule has 4 nitrogen and oxygen atoms in total. The van der Waals surface area contributed by atoms with E-state index in [1.54, 1.807) is 0 Å². The van der Waals surface area contributed by atoms with Crippen molar-refractivity contribution in [3.63, 3.8) is 0 Å². The van der Waals surface area contributed by atoms with Gasteiger partial charge >= 0.3 is 0 Å². The first-order chi connectivity index (χ1) is 10.2. The molecule has 2 aliphatic rings. The fraction of sp³-hybridized carbons (Fsp3) is 0.625. The Kier molecular flexibility index (Phi) is 4.62. The monoisotopic (exact) mass is 308 g/mol. The van der Waals surface area contributed by atoms with Gasteiger partial charge in [0.15, 0.2) is 11.5 Å². The molecule has 0 radical (unpaired) electrons. The van der Waals surface area contributed by atoms with Crippen LogP contribution in [0.3, 0.4) is 0 Å². The maximum atomic E-state index is 6.10. The van der Waals surface area contributed by atoms with Gasteiger partial charge in [-0.25, -0.2) is 0 Å². The topological polar surface area (TPSA) is 47.7 Å². The number of benzene rings is 1. The first kappa shape index (κ1) is 15.0. The molecule has 1 aromatic rings. The van der Waals surface area contributed by atoms with Crippen LogP contribution >= 0.6 is 11.8 Å². The Morgan fingerprint density at radius 2 is 2.00 bits per heavy atom. The largest absolute Gasteiger partial charge is 0.454 e. The van der Waals surface area contributed by atoms with Crippen molar-refractivity contribution in [1.82, 2.24) is 4.90 Å². The Labute approximate surface area is 131 Å². The fourth-order valence-electron chi connectivity index (χ4n) is 3.00. The van der Waals surface area contributed by atoms with Crippen LogP contribution in [0.4, 0.5) is 0 Å². The van der Waals surface area contributed by atoms with Gasteiger partial charge in [0.05, 0.1) is 0 Å². The van der Waals surface area contributed by atoms with Crippen molar-refractivity contribution < 1.29 is 9.47 Å². The molecule has 5 heteroatoms. The van der Waals surface area contributed by atoms with E-state index >= 15 is 0 Å². The summed E-state index contributed by atoms with van der Waals surface area (Å²) in [7, 11) is 0. The van der Waals surface area contributed by atoms with Crippen LogP contribution in [0, 0.1) is 0 Å². The van der Waals surface area contributed by atoms with E-state index in [0.29, 0.717) is 13.3 Å². The number of hydrogen-bond acceptors (Lipinski definition) is 5. The number of nitrogens with zero attached hydrogens (tertiary/aromatic N) is 1. The second kappa shape index (κ2) is 6.46. The molecule has 2 heterocycles. The van der Waals surface area contributed by atoms with Gasteiger partial charge in [-0.3, -0.25) is 4.90 Å². The summed E-state index contributed by atoms with van der Waals surface area (Å²) in [5.74, 6) is 4.17. The van der Waals surface area contributed by atoms with E-state index in [2.05, 4.69) is 24.0 Å². The molecule has 0 amide bonds. The molecule has 1 unspecified atom stereocenters. The van der Waals surface area contributed by atoms with E-state index in [9.17, 15) is 0 Å². The maximum Gasteiger partial charge on any atom is 0.231 e. The first-order valence-corrected chi connectivity index (χ1v) is 8.78. The molecule has 0 spiro atoms. The molecule has 1 aromatic carbocycles. The lowest BCUT2D eigenvalue weighted by Crippen LogP contribution is -2.54. The summed E-state index contributed by atoms with van der Waals surface area (Å²) in [4.78, 5) is 2.57. The van der Waals surface area contributed by atoms with Gasteiger partial charge in [-0.1, -0.05) is 6.07 Å². The lowest BCUT2D eigenvalue weighted by Gasteiger charge is -2.43. The summed E-state index contributed by atoms with van der Waals surface area (Å²) < 4.78 is 10.8. The predicted octanol–water partition coefficient (Wildman–Crippen LogP) is 2.11. The molecule has 0 aliphatic carbocycles. The van der Waals surface area contributed by atoms with Gasteiger partial charge in [-0.2, -0.15) is 11.8 Å². The number of nitrogens with two attached hydrogens (primary N) is 1. The summed E-state index contributed by atoms with van der Waals surface area (Å²) in [5, 5.41) is 0. The van der Waals surface area contributed by atoms with Gasteiger partial charge < -0.3 is 15.2 Å². The van der Waals surface area contributed by atoms with Crippen LogP contribution in [0.5, 0.6) is 11.5 Å². The summed E-state index contributed by atoms with van der Waals surface area (Å²) >= 11 is 2.04. The molecule has 21 heavy (non-hydrogen) atoms. The third-order valence-corrected chi connectivity index (χ3v) is 5.55. The van der Waals surface area contributed by atoms with E-state index < -0.39 is 0 Å². The van der Waals surface area contributed by atoms with E-state index in [-0.39, 0.29) is 5.54 Å². The van der Waals surface area contributed by atoms with Crippen molar-refractivity contribution in [1.29, 1.82) is 0 Å². The maximum absolute atomic E-state index is 6.10. The zero-order valence-corrected chi connectivity index (χ0v) is 13.5. The lowest BCUT2D eigenvalue weighted by atomic mass is 9.91. The second-order valence-corrected chi connectivity index (χ2v) is 7.21. The van der Waals surface area contributed by atoms with Crippen LogP contribution in [-0.2, 0) is 6.42 Å². The number of ether oxygens (including phenoxy) is 2. The van der Waals surface area contributed by atoms with E-state index in [4.69, 9.17) is 15.2 Å². The van der Waals surface area contributed by atoms with E-state index in [1.807, 2.05) is 17.8 Å². The van der Waals surface area contributed by atoms with Crippen LogP contribution in [0.2, 0.25) is 0 Å². The van der Waals surface area contributed by atoms with Crippen molar-refractivity contribution in [2.45, 2.75) is 25.3 Å². The van der Waals surface area contributed by atoms with Crippen LogP contribution in [0.15, 0.2) is 18.2 Å². The molecule has 0 saturated carbocycles. The van der Waals surface area contributed by atoms with Crippen molar-refractivity contribution in [2.75, 3.05) is 37.9 Å². The smallest absolute Gasteiger partial charge is 0.231 e. The Hall–Kier alpha value is -0.910. The number of thioether (sulfide) groups is 1. The van der Waals surface area contributed by atoms with Crippen LogP contribution < -0.4 is 15.2 Å². The minimum absolute atomic E-state index is 0.0946. The third kappa shape index (κ3) is 3.30. The Morgan fingerprint density at radius 3 is 2.76 bits per heavy atom. The highest BCUT2D eigenvalue weighted by Crippen LogP contribution is 2.33. The van der Waals surface area contributed by atoms with E-state index in [0.717, 1.165) is 37.4 Å². The number of aryl methyl sites for hydroxylation is 1. The molecule has 0 aromatic heterocycles. The summed E-state index contributed by atoms with van der Waals surface area (Å²) in [6.45, 7) is 5.65. The highest BCUT2D eigenvalue weighted by atomic mass is 32.2. The minimum Gasteiger partial charge on any atom is -0.454 e. The predicted molar refractivity (Wildman–Crippen MR) is 87.2 cm³/mol. The van der Waals surface area contributed by atoms with Gasteiger partial charge in [0, 0.05) is 36.7 Å². The van der Waals surface area contributed by atoms with Crippen molar-refractivity contribution >= 4 is 11.8 Å². The summed E-state index contributed by atoms with van der Waals surface area (Å²) in [5.41, 5.74) is 7.49. The molecule has 2 N–H and O–H groups in total.